The average Bonchev–Trinajstić information content (AvgIpc) is 2.65. The van der Waals surface area contributed by atoms with Gasteiger partial charge in [-0.05, 0) is 38.8 Å². The van der Waals surface area contributed by atoms with Crippen molar-refractivity contribution in [3.05, 3.63) is 16.0 Å². The average molecular weight is 340 g/mol. The van der Waals surface area contributed by atoms with Gasteiger partial charge in [0.25, 0.3) is 10.0 Å². The minimum atomic E-state index is -3.63. The molecule has 0 aliphatic rings. The molecule has 0 saturated heterocycles. The van der Waals surface area contributed by atoms with Crippen LogP contribution in [0.4, 0.5) is 0 Å². The second-order valence-corrected chi connectivity index (χ2v) is 8.50. The van der Waals surface area contributed by atoms with Crippen molar-refractivity contribution >= 4 is 38.9 Å². The molecule has 20 heavy (non-hydrogen) atoms. The third-order valence-electron chi connectivity index (χ3n) is 2.74. The van der Waals surface area contributed by atoms with Crippen LogP contribution in [0, 0.1) is 6.92 Å². The van der Waals surface area contributed by atoms with Crippen LogP contribution < -0.4 is 0 Å². The molecule has 0 aromatic carbocycles. The van der Waals surface area contributed by atoms with E-state index in [0.29, 0.717) is 4.34 Å². The molecule has 0 spiro atoms. The first-order chi connectivity index (χ1) is 9.16. The second kappa shape index (κ2) is 6.89. The fourth-order valence-corrected chi connectivity index (χ4v) is 5.23. The third-order valence-corrected chi connectivity index (χ3v) is 6.82. The number of carboxylic acids is 1. The van der Waals surface area contributed by atoms with Crippen LogP contribution >= 0.6 is 22.9 Å². The number of hydrogen-bond acceptors (Lipinski definition) is 4. The van der Waals surface area contributed by atoms with Crippen LogP contribution in [-0.2, 0) is 14.8 Å². The van der Waals surface area contributed by atoms with E-state index in [2.05, 4.69) is 0 Å². The zero-order valence-corrected chi connectivity index (χ0v) is 14.0. The molecule has 0 aliphatic carbocycles. The molecule has 0 aliphatic heterocycles. The molecule has 5 nitrogen and oxygen atoms in total. The first kappa shape index (κ1) is 17.4. The molecule has 0 saturated carbocycles. The van der Waals surface area contributed by atoms with E-state index in [1.165, 1.54) is 4.31 Å². The lowest BCUT2D eigenvalue weighted by molar-refractivity contribution is -0.137. The number of hydrogen-bond donors (Lipinski definition) is 1. The van der Waals surface area contributed by atoms with E-state index in [1.807, 2.05) is 0 Å². The van der Waals surface area contributed by atoms with Gasteiger partial charge in [-0.2, -0.15) is 4.31 Å². The summed E-state index contributed by atoms with van der Waals surface area (Å²) in [7, 11) is -3.63. The number of aryl methyl sites for hydroxylation is 1. The normalized spacial score (nSPS) is 12.3. The first-order valence-corrected chi connectivity index (χ1v) is 8.79. The smallest absolute Gasteiger partial charge is 0.303 e. The Labute approximate surface area is 128 Å². The summed E-state index contributed by atoms with van der Waals surface area (Å²) in [4.78, 5) is 10.5. The Morgan fingerprint density at radius 2 is 2.10 bits per heavy atom. The zero-order valence-electron chi connectivity index (χ0n) is 11.6. The minimum Gasteiger partial charge on any atom is -0.481 e. The number of carboxylic acid groups (broad SMARTS) is 1. The molecular formula is C12H18ClNO4S2. The molecule has 1 N–H and O–H groups in total. The highest BCUT2D eigenvalue weighted by molar-refractivity contribution is 7.91. The number of aliphatic carboxylic acids is 1. The Balaban J connectivity index is 2.97. The van der Waals surface area contributed by atoms with Gasteiger partial charge in [0.2, 0.25) is 0 Å². The maximum absolute atomic E-state index is 12.5. The molecule has 114 valence electrons. The van der Waals surface area contributed by atoms with Crippen molar-refractivity contribution in [3.63, 3.8) is 0 Å². The third kappa shape index (κ3) is 4.18. The van der Waals surface area contributed by atoms with Crippen molar-refractivity contribution in [2.75, 3.05) is 6.54 Å². The van der Waals surface area contributed by atoms with E-state index in [9.17, 15) is 13.2 Å². The number of rotatable bonds is 7. The van der Waals surface area contributed by atoms with Crippen LogP contribution in [0.3, 0.4) is 0 Å². The van der Waals surface area contributed by atoms with E-state index < -0.39 is 16.0 Å². The summed E-state index contributed by atoms with van der Waals surface area (Å²) in [6.45, 7) is 5.46. The standard InChI is InChI=1S/C12H18ClNO4S2/c1-8(2)14(6-4-5-10(15)16)20(17,18)11-7-9(3)12(13)19-11/h7-8H,4-6H2,1-3H3,(H,15,16). The zero-order chi connectivity index (χ0) is 15.5. The Morgan fingerprint density at radius 1 is 1.50 bits per heavy atom. The van der Waals surface area contributed by atoms with Gasteiger partial charge in [-0.1, -0.05) is 11.6 Å². The van der Waals surface area contributed by atoms with Crippen LogP contribution in [0.2, 0.25) is 4.34 Å². The lowest BCUT2D eigenvalue weighted by Crippen LogP contribution is -2.37. The van der Waals surface area contributed by atoms with Gasteiger partial charge in [0.1, 0.15) is 4.21 Å². The van der Waals surface area contributed by atoms with Crippen LogP contribution in [-0.4, -0.2) is 36.4 Å². The summed E-state index contributed by atoms with van der Waals surface area (Å²) >= 11 is 6.95. The summed E-state index contributed by atoms with van der Waals surface area (Å²) in [6.07, 6.45) is 0.230. The van der Waals surface area contributed by atoms with Crippen LogP contribution in [0.1, 0.15) is 32.3 Å². The van der Waals surface area contributed by atoms with Crippen LogP contribution in [0.25, 0.3) is 0 Å². The number of thiophene rings is 1. The van der Waals surface area contributed by atoms with Gasteiger partial charge in [-0.25, -0.2) is 8.42 Å². The summed E-state index contributed by atoms with van der Waals surface area (Å²) in [5, 5.41) is 8.64. The second-order valence-electron chi connectivity index (χ2n) is 4.73. The van der Waals surface area contributed by atoms with Gasteiger partial charge >= 0.3 is 5.97 Å². The summed E-state index contributed by atoms with van der Waals surface area (Å²) < 4.78 is 27.1. The van der Waals surface area contributed by atoms with Gasteiger partial charge in [0.05, 0.1) is 4.34 Å². The van der Waals surface area contributed by atoms with Crippen molar-refractivity contribution in [3.8, 4) is 0 Å². The van der Waals surface area contributed by atoms with E-state index >= 15 is 0 Å². The Kier molecular flexibility index (Phi) is 6.00. The molecule has 1 aromatic heterocycles. The Hall–Kier alpha value is -0.630. The number of carbonyl (C=O) groups is 1. The quantitative estimate of drug-likeness (QED) is 0.828. The van der Waals surface area contributed by atoms with Crippen LogP contribution in [0.15, 0.2) is 10.3 Å². The van der Waals surface area contributed by atoms with Gasteiger partial charge in [-0.3, -0.25) is 4.79 Å². The van der Waals surface area contributed by atoms with E-state index in [1.54, 1.807) is 26.8 Å². The predicted molar refractivity (Wildman–Crippen MR) is 80.0 cm³/mol. The molecule has 0 bridgehead atoms. The molecular weight excluding hydrogens is 322 g/mol. The summed E-state index contributed by atoms with van der Waals surface area (Å²) in [5.41, 5.74) is 0.726. The molecule has 1 rings (SSSR count). The van der Waals surface area contributed by atoms with E-state index in [-0.39, 0.29) is 29.6 Å². The molecule has 0 radical (unpaired) electrons. The summed E-state index contributed by atoms with van der Waals surface area (Å²) in [5.74, 6) is -0.930. The molecule has 0 atom stereocenters. The highest BCUT2D eigenvalue weighted by Gasteiger charge is 2.28. The molecule has 0 fully saturated rings. The maximum Gasteiger partial charge on any atom is 0.303 e. The molecule has 1 heterocycles. The van der Waals surface area contributed by atoms with Crippen molar-refractivity contribution in [2.24, 2.45) is 0 Å². The fourth-order valence-electron chi connectivity index (χ4n) is 1.72. The van der Waals surface area contributed by atoms with Crippen molar-refractivity contribution < 1.29 is 18.3 Å². The molecule has 1 aromatic rings. The fraction of sp³-hybridized carbons (Fsp3) is 0.583. The van der Waals surface area contributed by atoms with E-state index in [4.69, 9.17) is 16.7 Å². The van der Waals surface area contributed by atoms with Crippen molar-refractivity contribution in [2.45, 2.75) is 43.9 Å². The van der Waals surface area contributed by atoms with Crippen molar-refractivity contribution in [1.29, 1.82) is 0 Å². The maximum atomic E-state index is 12.5. The van der Waals surface area contributed by atoms with Gasteiger partial charge in [-0.15, -0.1) is 11.3 Å². The summed E-state index contributed by atoms with van der Waals surface area (Å²) in [6, 6.07) is 1.31. The predicted octanol–water partition coefficient (Wildman–Crippen LogP) is 2.97. The lowest BCUT2D eigenvalue weighted by atomic mass is 10.3. The first-order valence-electron chi connectivity index (χ1n) is 6.16. The van der Waals surface area contributed by atoms with Gasteiger partial charge in [0.15, 0.2) is 0 Å². The Morgan fingerprint density at radius 3 is 2.50 bits per heavy atom. The molecule has 8 heteroatoms. The lowest BCUT2D eigenvalue weighted by Gasteiger charge is -2.24. The number of nitrogens with zero attached hydrogens (tertiary/aromatic N) is 1. The molecule has 0 amide bonds. The number of halogens is 1. The van der Waals surface area contributed by atoms with Gasteiger partial charge in [0, 0.05) is 19.0 Å². The highest BCUT2D eigenvalue weighted by atomic mass is 35.5. The van der Waals surface area contributed by atoms with E-state index in [0.717, 1.165) is 16.9 Å². The SMILES string of the molecule is Cc1cc(S(=O)(=O)N(CCCC(=O)O)C(C)C)sc1Cl. The molecule has 0 unspecified atom stereocenters. The van der Waals surface area contributed by atoms with Crippen LogP contribution in [0.5, 0.6) is 0 Å². The number of sulfonamides is 1. The monoisotopic (exact) mass is 339 g/mol. The minimum absolute atomic E-state index is 0.0526. The largest absolute Gasteiger partial charge is 0.481 e. The van der Waals surface area contributed by atoms with Crippen molar-refractivity contribution in [1.82, 2.24) is 4.31 Å². The Bertz CT molecular complexity index is 561. The highest BCUT2D eigenvalue weighted by Crippen LogP contribution is 2.32. The topological polar surface area (TPSA) is 74.7 Å². The van der Waals surface area contributed by atoms with Gasteiger partial charge < -0.3 is 5.11 Å².